The molecule has 4 aromatic carbocycles. The SMILES string of the molecule is CN1c2ccc3cc(S(=O)(=O)O)ccc3c2C(C)(C)C1CCC1CCCC(CCC2=[N+](C)c3ccc4cc(SOOO)ccc4c3C2(C)C)=C1Cl. The number of hydrogen-bond acceptors (Lipinski definition) is 7. The summed E-state index contributed by atoms with van der Waals surface area (Å²) in [6.07, 6.45) is 7.17. The Kier molecular flexibility index (Phi) is 9.61. The van der Waals surface area contributed by atoms with Crippen LogP contribution >= 0.6 is 23.6 Å². The zero-order valence-corrected chi connectivity index (χ0v) is 32.4. The van der Waals surface area contributed by atoms with Gasteiger partial charge in [-0.2, -0.15) is 8.42 Å². The van der Waals surface area contributed by atoms with E-state index in [1.54, 1.807) is 6.07 Å². The Morgan fingerprint density at radius 3 is 2.41 bits per heavy atom. The molecule has 2 heterocycles. The molecule has 0 fully saturated rings. The fourth-order valence-electron chi connectivity index (χ4n) is 9.57. The number of fused-ring (bicyclic) bond motifs is 6. The highest BCUT2D eigenvalue weighted by Gasteiger charge is 2.46. The molecule has 3 aliphatic rings. The largest absolute Gasteiger partial charge is 0.370 e. The Balaban J connectivity index is 1.07. The number of nitrogens with zero attached hydrogens (tertiary/aromatic N) is 2. The highest BCUT2D eigenvalue weighted by Crippen LogP contribution is 2.51. The van der Waals surface area contributed by atoms with Crippen LogP contribution in [-0.2, 0) is 30.3 Å². The van der Waals surface area contributed by atoms with Gasteiger partial charge in [0.2, 0.25) is 5.69 Å². The second-order valence-corrected chi connectivity index (χ2v) is 18.1. The average Bonchev–Trinajstić information content (AvgIpc) is 3.41. The first-order chi connectivity index (χ1) is 24.1. The summed E-state index contributed by atoms with van der Waals surface area (Å²) in [5.41, 5.74) is 7.40. The van der Waals surface area contributed by atoms with Crippen molar-refractivity contribution in [2.24, 2.45) is 5.92 Å². The molecule has 4 aromatic rings. The first-order valence-corrected chi connectivity index (χ1v) is 20.2. The van der Waals surface area contributed by atoms with Gasteiger partial charge < -0.3 is 4.90 Å². The molecule has 0 radical (unpaired) electrons. The number of rotatable bonds is 10. The van der Waals surface area contributed by atoms with Crippen LogP contribution in [0.15, 0.2) is 81.1 Å². The smallest absolute Gasteiger partial charge is 0.294 e. The molecule has 2 unspecified atom stereocenters. The fourth-order valence-corrected chi connectivity index (χ4v) is 10.9. The van der Waals surface area contributed by atoms with Crippen molar-refractivity contribution in [1.29, 1.82) is 0 Å². The lowest BCUT2D eigenvalue weighted by atomic mass is 9.75. The molecule has 2 N–H and O–H groups in total. The topological polar surface area (TPSA) is 99.3 Å². The average molecular weight is 750 g/mol. The van der Waals surface area contributed by atoms with Gasteiger partial charge in [-0.15, -0.1) is 4.33 Å². The van der Waals surface area contributed by atoms with E-state index >= 15 is 0 Å². The van der Waals surface area contributed by atoms with Crippen LogP contribution in [-0.4, -0.2) is 48.7 Å². The van der Waals surface area contributed by atoms with Gasteiger partial charge in [-0.25, -0.2) is 9.83 Å². The maximum atomic E-state index is 11.8. The van der Waals surface area contributed by atoms with E-state index in [9.17, 15) is 13.0 Å². The number of likely N-dealkylation sites (N-methyl/N-ethyl adjacent to an activating group) is 1. The molecule has 0 saturated heterocycles. The maximum Gasteiger partial charge on any atom is 0.294 e. The van der Waals surface area contributed by atoms with Crippen molar-refractivity contribution < 1.29 is 32.2 Å². The van der Waals surface area contributed by atoms with Gasteiger partial charge in [-0.3, -0.25) is 4.55 Å². The number of allylic oxidation sites excluding steroid dienone is 2. The van der Waals surface area contributed by atoms with Crippen LogP contribution in [0.3, 0.4) is 0 Å². The molecule has 0 bridgehead atoms. The summed E-state index contributed by atoms with van der Waals surface area (Å²) >= 11 is 8.28. The molecule has 0 aromatic heterocycles. The van der Waals surface area contributed by atoms with Gasteiger partial charge in [0.1, 0.15) is 7.05 Å². The molecule has 7 rings (SSSR count). The second kappa shape index (κ2) is 13.5. The van der Waals surface area contributed by atoms with Gasteiger partial charge in [0.15, 0.2) is 5.71 Å². The van der Waals surface area contributed by atoms with Crippen LogP contribution in [0.1, 0.15) is 83.8 Å². The third-order valence-electron chi connectivity index (χ3n) is 12.0. The molecule has 0 spiro atoms. The normalized spacial score (nSPS) is 21.2. The maximum absolute atomic E-state index is 11.8. The number of halogens is 1. The third-order valence-corrected chi connectivity index (χ3v) is 14.0. The molecular formula is C40H46ClN2O6S2+. The third kappa shape index (κ3) is 6.30. The monoisotopic (exact) mass is 749 g/mol. The van der Waals surface area contributed by atoms with Gasteiger partial charge in [-0.05, 0) is 122 Å². The van der Waals surface area contributed by atoms with Gasteiger partial charge in [-0.1, -0.05) is 54.3 Å². The van der Waals surface area contributed by atoms with Gasteiger partial charge in [0.25, 0.3) is 10.1 Å². The van der Waals surface area contributed by atoms with Crippen LogP contribution in [0.4, 0.5) is 11.4 Å². The summed E-state index contributed by atoms with van der Waals surface area (Å²) in [6.45, 7) is 9.22. The molecule has 11 heteroatoms. The molecule has 2 aliphatic heterocycles. The lowest BCUT2D eigenvalue weighted by molar-refractivity contribution is -0.432. The minimum absolute atomic E-state index is 0.0828. The Labute approximate surface area is 309 Å². The zero-order valence-electron chi connectivity index (χ0n) is 30.0. The zero-order chi connectivity index (χ0) is 36.5. The van der Waals surface area contributed by atoms with Crippen molar-refractivity contribution in [3.05, 3.63) is 82.4 Å². The fraction of sp³-hybridized carbons (Fsp3) is 0.425. The number of hydrogen-bond donors (Lipinski definition) is 2. The number of benzene rings is 4. The Hall–Kier alpha value is -2.96. The van der Waals surface area contributed by atoms with E-state index in [0.717, 1.165) is 83.1 Å². The standard InChI is InChI=1S/C40H45ClN2O6S2/c1-39(2)34(42(5)32-18-10-26-22-28(50-49-48-44)14-16-30(26)36(32)39)20-12-24-8-7-9-25(38(24)41)13-21-35-40(3,4)37-31-17-15-29(51(45,46)47)23-27(31)11-19-33(37)43(35)6/h10-11,14-19,22-23,25,35H,7-9,12-13,20-21H2,1-6H3,(H-,44,45,46,47)/p+1. The van der Waals surface area contributed by atoms with Crippen molar-refractivity contribution in [3.8, 4) is 0 Å². The predicted molar refractivity (Wildman–Crippen MR) is 206 cm³/mol. The highest BCUT2D eigenvalue weighted by molar-refractivity contribution is 7.94. The summed E-state index contributed by atoms with van der Waals surface area (Å²) in [7, 11) is 0.0681. The van der Waals surface area contributed by atoms with Crippen molar-refractivity contribution in [2.45, 2.75) is 99.3 Å². The Morgan fingerprint density at radius 2 is 1.67 bits per heavy atom. The Bertz CT molecular complexity index is 2230. The number of anilines is 1. The van der Waals surface area contributed by atoms with E-state index in [2.05, 4.69) is 84.9 Å². The highest BCUT2D eigenvalue weighted by atomic mass is 35.5. The summed E-state index contributed by atoms with van der Waals surface area (Å²) < 4.78 is 40.3. The molecule has 8 nitrogen and oxygen atoms in total. The van der Waals surface area contributed by atoms with Crippen LogP contribution in [0.25, 0.3) is 21.5 Å². The minimum Gasteiger partial charge on any atom is -0.370 e. The first-order valence-electron chi connectivity index (χ1n) is 17.6. The van der Waals surface area contributed by atoms with Gasteiger partial charge in [0.05, 0.1) is 22.4 Å². The van der Waals surface area contributed by atoms with Gasteiger partial charge >= 0.3 is 0 Å². The summed E-state index contributed by atoms with van der Waals surface area (Å²) in [6, 6.07) is 19.7. The lowest BCUT2D eigenvalue weighted by Crippen LogP contribution is -2.39. The van der Waals surface area contributed by atoms with Crippen molar-refractivity contribution in [3.63, 3.8) is 0 Å². The summed E-state index contributed by atoms with van der Waals surface area (Å²) in [5, 5.41) is 17.6. The van der Waals surface area contributed by atoms with E-state index in [4.69, 9.17) is 16.9 Å². The van der Waals surface area contributed by atoms with Crippen LogP contribution in [0.5, 0.6) is 0 Å². The second-order valence-electron chi connectivity index (χ2n) is 15.5. The van der Waals surface area contributed by atoms with E-state index in [-0.39, 0.29) is 21.8 Å². The van der Waals surface area contributed by atoms with Crippen LogP contribution in [0.2, 0.25) is 0 Å². The molecule has 1 aliphatic carbocycles. The molecule has 2 atom stereocenters. The molecule has 270 valence electrons. The van der Waals surface area contributed by atoms with E-state index in [1.165, 1.54) is 45.2 Å². The Morgan fingerprint density at radius 1 is 0.961 bits per heavy atom. The first kappa shape index (κ1) is 36.4. The summed E-state index contributed by atoms with van der Waals surface area (Å²) in [4.78, 5) is 3.15. The van der Waals surface area contributed by atoms with Crippen LogP contribution < -0.4 is 4.90 Å². The van der Waals surface area contributed by atoms with Crippen LogP contribution in [0, 0.1) is 5.92 Å². The van der Waals surface area contributed by atoms with Crippen molar-refractivity contribution in [1.82, 2.24) is 0 Å². The van der Waals surface area contributed by atoms with E-state index in [1.807, 2.05) is 24.3 Å². The predicted octanol–water partition coefficient (Wildman–Crippen LogP) is 10.3. The van der Waals surface area contributed by atoms with Crippen molar-refractivity contribution in [2.75, 3.05) is 19.0 Å². The van der Waals surface area contributed by atoms with Crippen molar-refractivity contribution >= 4 is 72.4 Å². The molecule has 51 heavy (non-hydrogen) atoms. The van der Waals surface area contributed by atoms with Gasteiger partial charge in [0, 0.05) is 52.2 Å². The van der Waals surface area contributed by atoms with E-state index in [0.29, 0.717) is 5.92 Å². The molecular weight excluding hydrogens is 704 g/mol. The molecule has 0 amide bonds. The summed E-state index contributed by atoms with van der Waals surface area (Å²) in [5.74, 6) is 0.338. The lowest BCUT2D eigenvalue weighted by Gasteiger charge is -2.34. The molecule has 0 saturated carbocycles. The minimum atomic E-state index is -4.28. The van der Waals surface area contributed by atoms with E-state index < -0.39 is 10.1 Å². The quantitative estimate of drug-likeness (QED) is 0.0544.